The molecule has 21 heavy (non-hydrogen) atoms. The minimum atomic E-state index is -3.77. The van der Waals surface area contributed by atoms with Crippen molar-refractivity contribution in [1.29, 1.82) is 0 Å². The molecule has 1 aromatic heterocycles. The highest BCUT2D eigenvalue weighted by atomic mass is 32.2. The molecule has 112 valence electrons. The fourth-order valence-electron chi connectivity index (χ4n) is 2.03. The predicted molar refractivity (Wildman–Crippen MR) is 79.7 cm³/mol. The van der Waals surface area contributed by atoms with Crippen molar-refractivity contribution in [3.05, 3.63) is 36.0 Å². The molecule has 2 aromatic rings. The number of rotatable bonds is 4. The van der Waals surface area contributed by atoms with Crippen LogP contribution in [0.2, 0.25) is 0 Å². The monoisotopic (exact) mass is 308 g/mol. The molecule has 0 aliphatic rings. The van der Waals surface area contributed by atoms with Crippen molar-refractivity contribution in [2.75, 3.05) is 13.6 Å². The lowest BCUT2D eigenvalue weighted by Gasteiger charge is -2.18. The number of benzene rings is 1. The van der Waals surface area contributed by atoms with Gasteiger partial charge >= 0.3 is 0 Å². The van der Waals surface area contributed by atoms with Crippen molar-refractivity contribution >= 4 is 26.8 Å². The molecule has 7 nitrogen and oxygen atoms in total. The molecular weight excluding hydrogens is 292 g/mol. The van der Waals surface area contributed by atoms with Gasteiger partial charge in [0.1, 0.15) is 0 Å². The minimum Gasteiger partial charge on any atom is -0.409 e. The van der Waals surface area contributed by atoms with Crippen LogP contribution in [0.25, 0.3) is 10.9 Å². The number of aromatic nitrogens is 1. The predicted octanol–water partition coefficient (Wildman–Crippen LogP) is 0.910. The SMILES string of the molecule is Cc1ccc(S(=O)(=O)N(C)C/C(N)=N/O)c2cccnc12. The molecule has 0 amide bonds. The van der Waals surface area contributed by atoms with Gasteiger partial charge in [0.25, 0.3) is 0 Å². The second kappa shape index (κ2) is 5.66. The van der Waals surface area contributed by atoms with Crippen LogP contribution in [0, 0.1) is 6.92 Å². The van der Waals surface area contributed by atoms with Crippen LogP contribution >= 0.6 is 0 Å². The normalized spacial score (nSPS) is 13.0. The number of hydrogen-bond acceptors (Lipinski definition) is 5. The number of aryl methyl sites for hydroxylation is 1. The van der Waals surface area contributed by atoms with E-state index in [-0.39, 0.29) is 17.3 Å². The van der Waals surface area contributed by atoms with Crippen LogP contribution in [0.1, 0.15) is 5.56 Å². The van der Waals surface area contributed by atoms with E-state index in [0.29, 0.717) is 10.9 Å². The highest BCUT2D eigenvalue weighted by Crippen LogP contribution is 2.26. The summed E-state index contributed by atoms with van der Waals surface area (Å²) >= 11 is 0. The maximum absolute atomic E-state index is 12.6. The molecule has 0 fully saturated rings. The number of amidine groups is 1. The fourth-order valence-corrected chi connectivity index (χ4v) is 3.35. The number of nitrogens with two attached hydrogens (primary N) is 1. The van der Waals surface area contributed by atoms with Crippen LogP contribution in [0.3, 0.4) is 0 Å². The van der Waals surface area contributed by atoms with Crippen LogP contribution in [0.15, 0.2) is 40.5 Å². The zero-order valence-electron chi connectivity index (χ0n) is 11.7. The maximum Gasteiger partial charge on any atom is 0.243 e. The molecule has 0 unspecified atom stereocenters. The molecule has 1 heterocycles. The second-order valence-corrected chi connectivity index (χ2v) is 6.65. The quantitative estimate of drug-likeness (QED) is 0.378. The minimum absolute atomic E-state index is 0.143. The van der Waals surface area contributed by atoms with Gasteiger partial charge in [0.15, 0.2) is 5.84 Å². The number of fused-ring (bicyclic) bond motifs is 1. The Balaban J connectivity index is 2.58. The summed E-state index contributed by atoms with van der Waals surface area (Å²) in [4.78, 5) is 4.36. The summed E-state index contributed by atoms with van der Waals surface area (Å²) in [5.74, 6) is -0.185. The average molecular weight is 308 g/mol. The van der Waals surface area contributed by atoms with Gasteiger partial charge in [-0.2, -0.15) is 4.31 Å². The van der Waals surface area contributed by atoms with Crippen molar-refractivity contribution in [1.82, 2.24) is 9.29 Å². The van der Waals surface area contributed by atoms with Crippen LogP contribution in [0.4, 0.5) is 0 Å². The van der Waals surface area contributed by atoms with Gasteiger partial charge in [-0.25, -0.2) is 8.42 Å². The third kappa shape index (κ3) is 2.81. The summed E-state index contributed by atoms with van der Waals surface area (Å²) in [6.07, 6.45) is 1.62. The molecule has 0 saturated heterocycles. The Morgan fingerprint density at radius 3 is 2.81 bits per heavy atom. The molecule has 2 rings (SSSR count). The lowest BCUT2D eigenvalue weighted by atomic mass is 10.1. The summed E-state index contributed by atoms with van der Waals surface area (Å²) in [6.45, 7) is 1.67. The third-order valence-electron chi connectivity index (χ3n) is 3.13. The largest absolute Gasteiger partial charge is 0.409 e. The van der Waals surface area contributed by atoms with Crippen LogP contribution in [-0.4, -0.2) is 42.3 Å². The van der Waals surface area contributed by atoms with Crippen molar-refractivity contribution in [3.8, 4) is 0 Å². The zero-order chi connectivity index (χ0) is 15.6. The van der Waals surface area contributed by atoms with E-state index >= 15 is 0 Å². The first kappa shape index (κ1) is 15.2. The Labute approximate surface area is 122 Å². The first-order valence-corrected chi connectivity index (χ1v) is 7.59. The van der Waals surface area contributed by atoms with E-state index in [1.54, 1.807) is 24.4 Å². The number of nitrogens with zero attached hydrogens (tertiary/aromatic N) is 3. The van der Waals surface area contributed by atoms with E-state index in [2.05, 4.69) is 10.1 Å². The Morgan fingerprint density at radius 2 is 2.14 bits per heavy atom. The molecular formula is C13H16N4O3S. The summed E-state index contributed by atoms with van der Waals surface area (Å²) in [7, 11) is -2.40. The van der Waals surface area contributed by atoms with Crippen molar-refractivity contribution in [2.24, 2.45) is 10.9 Å². The molecule has 0 atom stereocenters. The number of sulfonamides is 1. The van der Waals surface area contributed by atoms with E-state index in [9.17, 15) is 8.42 Å². The molecule has 8 heteroatoms. The Kier molecular flexibility index (Phi) is 4.10. The van der Waals surface area contributed by atoms with E-state index < -0.39 is 10.0 Å². The first-order valence-electron chi connectivity index (χ1n) is 6.15. The molecule has 0 saturated carbocycles. The Morgan fingerprint density at radius 1 is 1.43 bits per heavy atom. The summed E-state index contributed by atoms with van der Waals surface area (Å²) in [5, 5.41) is 11.9. The number of likely N-dealkylation sites (N-methyl/N-ethyl adjacent to an activating group) is 1. The van der Waals surface area contributed by atoms with Gasteiger partial charge < -0.3 is 10.9 Å². The van der Waals surface area contributed by atoms with Crippen LogP contribution in [-0.2, 0) is 10.0 Å². The number of hydrogen-bond donors (Lipinski definition) is 2. The van der Waals surface area contributed by atoms with E-state index in [4.69, 9.17) is 10.9 Å². The van der Waals surface area contributed by atoms with E-state index in [1.807, 2.05) is 6.92 Å². The van der Waals surface area contributed by atoms with Crippen LogP contribution < -0.4 is 5.73 Å². The van der Waals surface area contributed by atoms with Gasteiger partial charge in [0.05, 0.1) is 17.0 Å². The molecule has 0 bridgehead atoms. The van der Waals surface area contributed by atoms with Gasteiger partial charge in [-0.1, -0.05) is 11.2 Å². The number of oxime groups is 1. The topological polar surface area (TPSA) is 109 Å². The molecule has 0 aliphatic carbocycles. The smallest absolute Gasteiger partial charge is 0.243 e. The second-order valence-electron chi connectivity index (χ2n) is 4.63. The third-order valence-corrected chi connectivity index (χ3v) is 4.99. The van der Waals surface area contributed by atoms with E-state index in [0.717, 1.165) is 9.87 Å². The summed E-state index contributed by atoms with van der Waals surface area (Å²) in [6, 6.07) is 6.64. The van der Waals surface area contributed by atoms with Crippen molar-refractivity contribution < 1.29 is 13.6 Å². The zero-order valence-corrected chi connectivity index (χ0v) is 12.5. The average Bonchev–Trinajstić information content (AvgIpc) is 2.47. The lowest BCUT2D eigenvalue weighted by molar-refractivity contribution is 0.315. The first-order chi connectivity index (χ1) is 9.87. The molecule has 1 aromatic carbocycles. The highest BCUT2D eigenvalue weighted by molar-refractivity contribution is 7.89. The summed E-state index contributed by atoms with van der Waals surface area (Å²) < 4.78 is 26.3. The standard InChI is InChI=1S/C13H16N4O3S/c1-9-5-6-11(10-4-3-7-15-13(9)10)21(19,20)17(2)8-12(14)16-18/h3-7,18H,8H2,1-2H3,(H2,14,16). The Bertz CT molecular complexity index is 802. The molecule has 0 radical (unpaired) electrons. The van der Waals surface area contributed by atoms with Crippen molar-refractivity contribution in [2.45, 2.75) is 11.8 Å². The van der Waals surface area contributed by atoms with Crippen LogP contribution in [0.5, 0.6) is 0 Å². The maximum atomic E-state index is 12.6. The van der Waals surface area contributed by atoms with E-state index in [1.165, 1.54) is 13.1 Å². The van der Waals surface area contributed by atoms with Crippen molar-refractivity contribution in [3.63, 3.8) is 0 Å². The van der Waals surface area contributed by atoms with Gasteiger partial charge in [0.2, 0.25) is 10.0 Å². The van der Waals surface area contributed by atoms with Gasteiger partial charge in [-0.15, -0.1) is 0 Å². The Hall–Kier alpha value is -2.19. The molecule has 0 aliphatic heterocycles. The van der Waals surface area contributed by atoms with Gasteiger partial charge in [-0.3, -0.25) is 4.98 Å². The number of pyridine rings is 1. The molecule has 0 spiro atoms. The van der Waals surface area contributed by atoms with Gasteiger partial charge in [-0.05, 0) is 30.7 Å². The molecule has 3 N–H and O–H groups in total. The fraction of sp³-hybridized carbons (Fsp3) is 0.231. The van der Waals surface area contributed by atoms with Gasteiger partial charge in [0, 0.05) is 18.6 Å². The highest BCUT2D eigenvalue weighted by Gasteiger charge is 2.24. The summed E-state index contributed by atoms with van der Waals surface area (Å²) in [5.41, 5.74) is 6.89. The lowest BCUT2D eigenvalue weighted by Crippen LogP contribution is -2.35.